The van der Waals surface area contributed by atoms with Gasteiger partial charge in [0.25, 0.3) is 0 Å². The number of hydrogen-bond donors (Lipinski definition) is 1. The number of nitrogens with one attached hydrogen (secondary N) is 1. The molecule has 1 saturated carbocycles. The van der Waals surface area contributed by atoms with Crippen molar-refractivity contribution in [2.75, 3.05) is 5.32 Å². The van der Waals surface area contributed by atoms with E-state index in [0.29, 0.717) is 11.7 Å². The van der Waals surface area contributed by atoms with E-state index in [9.17, 15) is 10.1 Å². The van der Waals surface area contributed by atoms with E-state index in [4.69, 9.17) is 5.26 Å². The van der Waals surface area contributed by atoms with Crippen LogP contribution in [-0.2, 0) is 0 Å². The van der Waals surface area contributed by atoms with Gasteiger partial charge in [-0.05, 0) is 31.7 Å². The second kappa shape index (κ2) is 4.37. The zero-order valence-corrected chi connectivity index (χ0v) is 9.38. The number of nitriles is 1. The summed E-state index contributed by atoms with van der Waals surface area (Å²) < 4.78 is 0. The van der Waals surface area contributed by atoms with Crippen LogP contribution in [0.2, 0.25) is 0 Å². The quantitative estimate of drug-likeness (QED) is 0.633. The number of rotatable bonds is 4. The van der Waals surface area contributed by atoms with Crippen molar-refractivity contribution in [1.82, 2.24) is 4.98 Å². The molecule has 0 amide bonds. The minimum atomic E-state index is -0.598. The average Bonchev–Trinajstić information content (AvgIpc) is 3.12. The third-order valence-electron chi connectivity index (χ3n) is 2.88. The summed E-state index contributed by atoms with van der Waals surface area (Å²) >= 11 is 0. The zero-order chi connectivity index (χ0) is 12.4. The first kappa shape index (κ1) is 11.3. The van der Waals surface area contributed by atoms with Crippen LogP contribution in [0.1, 0.15) is 25.5 Å². The molecule has 1 aromatic rings. The number of aromatic nitrogens is 1. The molecule has 1 aromatic heterocycles. The maximum atomic E-state index is 10.6. The average molecular weight is 232 g/mol. The van der Waals surface area contributed by atoms with Gasteiger partial charge in [0.05, 0.1) is 4.92 Å². The molecule has 0 spiro atoms. The van der Waals surface area contributed by atoms with Gasteiger partial charge in [0.15, 0.2) is 0 Å². The first-order valence-electron chi connectivity index (χ1n) is 5.44. The molecule has 1 unspecified atom stereocenters. The Morgan fingerprint density at radius 1 is 1.65 bits per heavy atom. The molecule has 6 nitrogen and oxygen atoms in total. The molecule has 0 radical (unpaired) electrons. The highest BCUT2D eigenvalue weighted by Gasteiger charge is 2.28. The number of pyridine rings is 1. The molecule has 1 heterocycles. The van der Waals surface area contributed by atoms with Crippen molar-refractivity contribution in [3.05, 3.63) is 27.9 Å². The Labute approximate surface area is 98.4 Å². The lowest BCUT2D eigenvalue weighted by atomic mass is 10.2. The monoisotopic (exact) mass is 232 g/mol. The van der Waals surface area contributed by atoms with E-state index >= 15 is 0 Å². The van der Waals surface area contributed by atoms with Crippen LogP contribution in [0, 0.1) is 27.4 Å². The Bertz CT molecular complexity index is 491. The Balaban J connectivity index is 2.19. The van der Waals surface area contributed by atoms with Crippen LogP contribution in [0.5, 0.6) is 0 Å². The van der Waals surface area contributed by atoms with Gasteiger partial charge in [-0.2, -0.15) is 5.26 Å². The lowest BCUT2D eigenvalue weighted by Gasteiger charge is -2.13. The van der Waals surface area contributed by atoms with Crippen molar-refractivity contribution >= 4 is 11.5 Å². The Kier molecular flexibility index (Phi) is 2.91. The molecule has 1 aliphatic carbocycles. The summed E-state index contributed by atoms with van der Waals surface area (Å²) in [5.41, 5.74) is -0.403. The van der Waals surface area contributed by atoms with E-state index in [2.05, 4.69) is 10.3 Å². The largest absolute Gasteiger partial charge is 0.367 e. The fraction of sp³-hybridized carbons (Fsp3) is 0.455. The van der Waals surface area contributed by atoms with E-state index in [1.807, 2.05) is 6.92 Å². The van der Waals surface area contributed by atoms with Crippen molar-refractivity contribution in [3.8, 4) is 6.07 Å². The van der Waals surface area contributed by atoms with Crippen LogP contribution >= 0.6 is 0 Å². The second-order valence-electron chi connectivity index (χ2n) is 4.20. The van der Waals surface area contributed by atoms with Gasteiger partial charge in [-0.15, -0.1) is 0 Å². The van der Waals surface area contributed by atoms with Crippen molar-refractivity contribution in [2.24, 2.45) is 5.92 Å². The number of nitrogens with zero attached hydrogens (tertiary/aromatic N) is 3. The van der Waals surface area contributed by atoms with Gasteiger partial charge in [0.1, 0.15) is 11.9 Å². The zero-order valence-electron chi connectivity index (χ0n) is 9.38. The van der Waals surface area contributed by atoms with Crippen LogP contribution in [0.15, 0.2) is 12.1 Å². The van der Waals surface area contributed by atoms with Crippen LogP contribution in [-0.4, -0.2) is 15.9 Å². The van der Waals surface area contributed by atoms with Crippen molar-refractivity contribution in [1.29, 1.82) is 5.26 Å². The number of hydrogen-bond acceptors (Lipinski definition) is 5. The summed E-state index contributed by atoms with van der Waals surface area (Å²) in [5.74, 6) is 1.17. The van der Waals surface area contributed by atoms with Gasteiger partial charge in [-0.1, -0.05) is 0 Å². The first-order valence-corrected chi connectivity index (χ1v) is 5.44. The molecule has 0 bridgehead atoms. The minimum Gasteiger partial charge on any atom is -0.367 e. The van der Waals surface area contributed by atoms with Gasteiger partial charge in [0, 0.05) is 12.1 Å². The minimum absolute atomic E-state index is 0.150. The molecule has 0 aliphatic heterocycles. The van der Waals surface area contributed by atoms with Gasteiger partial charge >= 0.3 is 5.69 Å². The van der Waals surface area contributed by atoms with Gasteiger partial charge in [0.2, 0.25) is 5.69 Å². The maximum Gasteiger partial charge on any atom is 0.305 e. The van der Waals surface area contributed by atoms with Crippen LogP contribution in [0.3, 0.4) is 0 Å². The van der Waals surface area contributed by atoms with E-state index in [1.54, 1.807) is 6.07 Å². The van der Waals surface area contributed by atoms with Crippen molar-refractivity contribution in [2.45, 2.75) is 25.8 Å². The highest BCUT2D eigenvalue weighted by atomic mass is 16.6. The number of nitro groups is 1. The third-order valence-corrected chi connectivity index (χ3v) is 2.88. The molecule has 0 aromatic carbocycles. The van der Waals surface area contributed by atoms with Gasteiger partial charge in [-0.3, -0.25) is 10.1 Å². The molecule has 17 heavy (non-hydrogen) atoms. The molecule has 1 fully saturated rings. The SMILES string of the molecule is CC(Nc1ccc([N+](=O)[O-])c(C#N)n1)C1CC1. The predicted molar refractivity (Wildman–Crippen MR) is 61.4 cm³/mol. The van der Waals surface area contributed by atoms with E-state index in [1.165, 1.54) is 25.0 Å². The lowest BCUT2D eigenvalue weighted by molar-refractivity contribution is -0.385. The highest BCUT2D eigenvalue weighted by molar-refractivity contribution is 5.50. The molecule has 1 N–H and O–H groups in total. The Morgan fingerprint density at radius 2 is 2.35 bits per heavy atom. The summed E-state index contributed by atoms with van der Waals surface area (Å²) in [6, 6.07) is 4.88. The lowest BCUT2D eigenvalue weighted by Crippen LogP contribution is -2.18. The van der Waals surface area contributed by atoms with Crippen LogP contribution in [0.4, 0.5) is 11.5 Å². The topological polar surface area (TPSA) is 91.9 Å². The first-order chi connectivity index (χ1) is 8.11. The summed E-state index contributed by atoms with van der Waals surface area (Å²) in [5, 5.41) is 22.6. The van der Waals surface area contributed by atoms with Crippen molar-refractivity contribution in [3.63, 3.8) is 0 Å². The molecule has 6 heteroatoms. The summed E-state index contributed by atoms with van der Waals surface area (Å²) in [6.07, 6.45) is 2.40. The molecule has 1 atom stereocenters. The van der Waals surface area contributed by atoms with Crippen LogP contribution < -0.4 is 5.32 Å². The molecule has 1 aliphatic rings. The summed E-state index contributed by atoms with van der Waals surface area (Å²) in [7, 11) is 0. The fourth-order valence-corrected chi connectivity index (χ4v) is 1.71. The number of anilines is 1. The normalized spacial score (nSPS) is 16.0. The van der Waals surface area contributed by atoms with E-state index in [-0.39, 0.29) is 17.4 Å². The Hall–Kier alpha value is -2.16. The Morgan fingerprint density at radius 3 is 2.88 bits per heavy atom. The van der Waals surface area contributed by atoms with E-state index in [0.717, 1.165) is 0 Å². The third kappa shape index (κ3) is 2.50. The van der Waals surface area contributed by atoms with Gasteiger partial charge < -0.3 is 5.32 Å². The standard InChI is InChI=1S/C11H12N4O2/c1-7(8-2-3-8)13-11-5-4-10(15(16)17)9(6-12)14-11/h4-5,7-8H,2-3H2,1H3,(H,13,14). The molecule has 88 valence electrons. The predicted octanol–water partition coefficient (Wildman–Crippen LogP) is 2.07. The summed E-state index contributed by atoms with van der Waals surface area (Å²) in [6.45, 7) is 2.05. The van der Waals surface area contributed by atoms with E-state index < -0.39 is 4.92 Å². The fourth-order valence-electron chi connectivity index (χ4n) is 1.71. The molecule has 0 saturated heterocycles. The molecular formula is C11H12N4O2. The summed E-state index contributed by atoms with van der Waals surface area (Å²) in [4.78, 5) is 14.0. The van der Waals surface area contributed by atoms with Crippen LogP contribution in [0.25, 0.3) is 0 Å². The smallest absolute Gasteiger partial charge is 0.305 e. The van der Waals surface area contributed by atoms with Gasteiger partial charge in [-0.25, -0.2) is 4.98 Å². The molecule has 2 rings (SSSR count). The second-order valence-corrected chi connectivity index (χ2v) is 4.20. The highest BCUT2D eigenvalue weighted by Crippen LogP contribution is 2.33. The molecular weight excluding hydrogens is 220 g/mol. The van der Waals surface area contributed by atoms with Crippen molar-refractivity contribution < 1.29 is 4.92 Å². The maximum absolute atomic E-state index is 10.6.